The Morgan fingerprint density at radius 3 is 2.87 bits per heavy atom. The lowest BCUT2D eigenvalue weighted by molar-refractivity contribution is -0.138. The summed E-state index contributed by atoms with van der Waals surface area (Å²) in [5, 5.41) is 12.2. The van der Waals surface area contributed by atoms with Gasteiger partial charge in [-0.15, -0.1) is 11.8 Å². The van der Waals surface area contributed by atoms with Gasteiger partial charge in [-0.05, 0) is 43.2 Å². The Morgan fingerprint density at radius 2 is 2.10 bits per heavy atom. The molecule has 2 heterocycles. The van der Waals surface area contributed by atoms with Gasteiger partial charge in [-0.2, -0.15) is 0 Å². The van der Waals surface area contributed by atoms with Gasteiger partial charge < -0.3 is 14.3 Å². The molecule has 6 nitrogen and oxygen atoms in total. The molecule has 1 unspecified atom stereocenters. The van der Waals surface area contributed by atoms with Crippen molar-refractivity contribution in [2.45, 2.75) is 31.7 Å². The summed E-state index contributed by atoms with van der Waals surface area (Å²) < 4.78 is 11.8. The molecule has 3 aromatic rings. The van der Waals surface area contributed by atoms with Crippen molar-refractivity contribution in [3.63, 3.8) is 0 Å². The molecule has 2 N–H and O–H groups in total. The summed E-state index contributed by atoms with van der Waals surface area (Å²) in [4.78, 5) is 15.8. The van der Waals surface area contributed by atoms with Crippen LogP contribution in [0.5, 0.6) is 5.75 Å². The van der Waals surface area contributed by atoms with E-state index in [4.69, 9.17) is 14.3 Å². The maximum Gasteiger partial charge on any atom is 0.321 e. The monoisotopic (exact) mass is 424 g/mol. The van der Waals surface area contributed by atoms with Crippen molar-refractivity contribution in [2.24, 2.45) is 0 Å². The highest BCUT2D eigenvalue weighted by Crippen LogP contribution is 2.34. The fourth-order valence-corrected chi connectivity index (χ4v) is 4.65. The van der Waals surface area contributed by atoms with Crippen molar-refractivity contribution in [3.05, 3.63) is 71.1 Å². The molecular formula is C23H24N2O4S. The number of carboxylic acid groups (broad SMARTS) is 1. The van der Waals surface area contributed by atoms with Gasteiger partial charge in [-0.25, -0.2) is 4.98 Å². The van der Waals surface area contributed by atoms with E-state index in [0.29, 0.717) is 24.7 Å². The van der Waals surface area contributed by atoms with Crippen molar-refractivity contribution < 1.29 is 19.1 Å². The minimum absolute atomic E-state index is 0.0379. The van der Waals surface area contributed by atoms with Gasteiger partial charge in [0.1, 0.15) is 17.6 Å². The number of hydrogen-bond donors (Lipinski definition) is 2. The fraction of sp³-hybridized carbons (Fsp3) is 0.304. The number of ether oxygens (including phenoxy) is 1. The molecule has 0 bridgehead atoms. The summed E-state index contributed by atoms with van der Waals surface area (Å²) in [6, 6.07) is 15.3. The molecule has 4 rings (SSSR count). The van der Waals surface area contributed by atoms with Crippen LogP contribution in [0.2, 0.25) is 0 Å². The van der Waals surface area contributed by atoms with E-state index >= 15 is 0 Å². The zero-order valence-electron chi connectivity index (χ0n) is 16.9. The Kier molecular flexibility index (Phi) is 6.11. The highest BCUT2D eigenvalue weighted by atomic mass is 32.2. The molecule has 2 aromatic carbocycles. The lowest BCUT2D eigenvalue weighted by Gasteiger charge is -2.13. The first-order chi connectivity index (χ1) is 14.5. The van der Waals surface area contributed by atoms with E-state index in [1.165, 1.54) is 0 Å². The summed E-state index contributed by atoms with van der Waals surface area (Å²) in [5.41, 5.74) is 4.03. The summed E-state index contributed by atoms with van der Waals surface area (Å²) >= 11 is 1.60. The quantitative estimate of drug-likeness (QED) is 0.583. The number of oxazole rings is 1. The van der Waals surface area contributed by atoms with E-state index in [0.717, 1.165) is 33.9 Å². The average molecular weight is 425 g/mol. The van der Waals surface area contributed by atoms with E-state index in [9.17, 15) is 4.79 Å². The number of rotatable bonds is 7. The highest BCUT2D eigenvalue weighted by Gasteiger charge is 2.30. The van der Waals surface area contributed by atoms with Crippen LogP contribution in [0, 0.1) is 13.8 Å². The first-order valence-corrected chi connectivity index (χ1v) is 10.9. The molecule has 156 valence electrons. The predicted molar refractivity (Wildman–Crippen MR) is 117 cm³/mol. The zero-order chi connectivity index (χ0) is 21.1. The van der Waals surface area contributed by atoms with Gasteiger partial charge in [0, 0.05) is 17.7 Å². The molecule has 1 aliphatic heterocycles. The maximum absolute atomic E-state index is 11.1. The normalized spacial score (nSPS) is 18.5. The van der Waals surface area contributed by atoms with Crippen LogP contribution in [0.15, 0.2) is 52.9 Å². The highest BCUT2D eigenvalue weighted by molar-refractivity contribution is 7.99. The lowest BCUT2D eigenvalue weighted by Crippen LogP contribution is -2.33. The SMILES string of the molecule is Cc1ccccc1-c1nc(CCOc2cccc([C@@H]3NC(C(=O)O)CS3)c2)c(C)o1. The number of nitrogens with one attached hydrogen (secondary N) is 1. The number of nitrogens with zero attached hydrogens (tertiary/aromatic N) is 1. The number of carboxylic acids is 1. The van der Waals surface area contributed by atoms with Crippen LogP contribution < -0.4 is 10.1 Å². The van der Waals surface area contributed by atoms with Crippen LogP contribution in [0.4, 0.5) is 0 Å². The van der Waals surface area contributed by atoms with E-state index in [2.05, 4.69) is 10.3 Å². The molecule has 0 amide bonds. The molecule has 1 aromatic heterocycles. The summed E-state index contributed by atoms with van der Waals surface area (Å²) in [7, 11) is 0. The van der Waals surface area contributed by atoms with Crippen molar-refractivity contribution in [1.29, 1.82) is 0 Å². The zero-order valence-corrected chi connectivity index (χ0v) is 17.7. The van der Waals surface area contributed by atoms with E-state index in [-0.39, 0.29) is 5.37 Å². The summed E-state index contributed by atoms with van der Waals surface area (Å²) in [6.07, 6.45) is 0.642. The molecule has 7 heteroatoms. The Bertz CT molecular complexity index is 1050. The number of carbonyl (C=O) groups is 1. The van der Waals surface area contributed by atoms with Gasteiger partial charge in [-0.3, -0.25) is 10.1 Å². The van der Waals surface area contributed by atoms with Crippen LogP contribution in [0.1, 0.15) is 28.0 Å². The fourth-order valence-electron chi connectivity index (χ4n) is 3.43. The topological polar surface area (TPSA) is 84.6 Å². The molecule has 1 aliphatic rings. The second-order valence-electron chi connectivity index (χ2n) is 7.28. The van der Waals surface area contributed by atoms with E-state index in [1.807, 2.05) is 62.4 Å². The Hall–Kier alpha value is -2.77. The van der Waals surface area contributed by atoms with Crippen molar-refractivity contribution in [1.82, 2.24) is 10.3 Å². The third-order valence-electron chi connectivity index (χ3n) is 5.12. The van der Waals surface area contributed by atoms with Crippen molar-refractivity contribution in [2.75, 3.05) is 12.4 Å². The molecule has 1 fully saturated rings. The minimum atomic E-state index is -0.814. The van der Waals surface area contributed by atoms with Crippen LogP contribution in [-0.2, 0) is 11.2 Å². The Labute approximate surface area is 179 Å². The predicted octanol–water partition coefficient (Wildman–Crippen LogP) is 4.37. The van der Waals surface area contributed by atoms with E-state index < -0.39 is 12.0 Å². The van der Waals surface area contributed by atoms with Gasteiger partial charge >= 0.3 is 5.97 Å². The summed E-state index contributed by atoms with van der Waals surface area (Å²) in [6.45, 7) is 4.44. The van der Waals surface area contributed by atoms with Crippen LogP contribution in [0.25, 0.3) is 11.5 Å². The second-order valence-corrected chi connectivity index (χ2v) is 8.42. The number of benzene rings is 2. The van der Waals surface area contributed by atoms with Gasteiger partial charge in [0.15, 0.2) is 0 Å². The van der Waals surface area contributed by atoms with Gasteiger partial charge in [0.25, 0.3) is 0 Å². The largest absolute Gasteiger partial charge is 0.493 e. The van der Waals surface area contributed by atoms with Crippen LogP contribution >= 0.6 is 11.8 Å². The number of thioether (sulfide) groups is 1. The minimum Gasteiger partial charge on any atom is -0.493 e. The van der Waals surface area contributed by atoms with Crippen molar-refractivity contribution in [3.8, 4) is 17.2 Å². The van der Waals surface area contributed by atoms with E-state index in [1.54, 1.807) is 11.8 Å². The third kappa shape index (κ3) is 4.52. The van der Waals surface area contributed by atoms with Gasteiger partial charge in [-0.1, -0.05) is 30.3 Å². The number of aryl methyl sites for hydroxylation is 2. The Balaban J connectivity index is 1.37. The molecule has 1 saturated heterocycles. The van der Waals surface area contributed by atoms with Crippen molar-refractivity contribution >= 4 is 17.7 Å². The smallest absolute Gasteiger partial charge is 0.321 e. The number of aromatic nitrogens is 1. The van der Waals surface area contributed by atoms with Crippen LogP contribution in [-0.4, -0.2) is 34.5 Å². The molecule has 30 heavy (non-hydrogen) atoms. The Morgan fingerprint density at radius 1 is 1.27 bits per heavy atom. The molecular weight excluding hydrogens is 400 g/mol. The second kappa shape index (κ2) is 8.93. The molecule has 0 radical (unpaired) electrons. The molecule has 0 spiro atoms. The average Bonchev–Trinajstić information content (AvgIpc) is 3.36. The third-order valence-corrected chi connectivity index (χ3v) is 6.38. The molecule has 0 saturated carbocycles. The molecule has 2 atom stereocenters. The molecule has 0 aliphatic carbocycles. The van der Waals surface area contributed by atoms with Gasteiger partial charge in [0.05, 0.1) is 17.7 Å². The first-order valence-electron chi connectivity index (χ1n) is 9.87. The lowest BCUT2D eigenvalue weighted by atomic mass is 10.1. The maximum atomic E-state index is 11.1. The van der Waals surface area contributed by atoms with Crippen LogP contribution in [0.3, 0.4) is 0 Å². The summed E-state index contributed by atoms with van der Waals surface area (Å²) in [5.74, 6) is 1.94. The standard InChI is InChI=1S/C23H24N2O4S/c1-14-6-3-4-9-18(14)21-24-19(15(2)29-21)10-11-28-17-8-5-7-16(12-17)22-25-20(13-30-22)23(26)27/h3-9,12,20,22,25H,10-11,13H2,1-2H3,(H,26,27)/t20?,22-/m1/s1. The number of aliphatic carboxylic acids is 1. The first kappa shape index (κ1) is 20.5. The van der Waals surface area contributed by atoms with Gasteiger partial charge in [0.2, 0.25) is 5.89 Å². The number of hydrogen-bond acceptors (Lipinski definition) is 6.